The highest BCUT2D eigenvalue weighted by atomic mass is 15.2. The van der Waals surface area contributed by atoms with E-state index in [1.54, 1.807) is 0 Å². The molecule has 0 saturated carbocycles. The number of nitrogens with two attached hydrogens (primary N) is 1. The van der Waals surface area contributed by atoms with Gasteiger partial charge in [-0.2, -0.15) is 0 Å². The molecular weight excluding hydrogens is 196 g/mol. The lowest BCUT2D eigenvalue weighted by atomic mass is 9.87. The Labute approximate surface area is 98.4 Å². The van der Waals surface area contributed by atoms with Crippen LogP contribution in [0.25, 0.3) is 0 Å². The Balaban J connectivity index is 2.27. The maximum Gasteiger partial charge on any atom is 0.0366 e. The Morgan fingerprint density at radius 1 is 1.25 bits per heavy atom. The van der Waals surface area contributed by atoms with E-state index in [4.69, 9.17) is 5.73 Å². The average molecular weight is 218 g/mol. The quantitative estimate of drug-likeness (QED) is 0.843. The molecule has 0 aromatic heterocycles. The summed E-state index contributed by atoms with van der Waals surface area (Å²) in [5.74, 6) is 0. The third-order valence-electron chi connectivity index (χ3n) is 3.62. The Bertz CT molecular complexity index is 361. The van der Waals surface area contributed by atoms with Crippen LogP contribution >= 0.6 is 0 Å². The van der Waals surface area contributed by atoms with E-state index in [9.17, 15) is 0 Å². The largest absolute Gasteiger partial charge is 0.329 e. The summed E-state index contributed by atoms with van der Waals surface area (Å²) in [4.78, 5) is 2.49. The summed E-state index contributed by atoms with van der Waals surface area (Å²) in [5, 5.41) is 0. The van der Waals surface area contributed by atoms with Crippen molar-refractivity contribution in [3.8, 4) is 0 Å². The van der Waals surface area contributed by atoms with Crippen LogP contribution in [0.5, 0.6) is 0 Å². The summed E-state index contributed by atoms with van der Waals surface area (Å²) < 4.78 is 0. The van der Waals surface area contributed by atoms with Gasteiger partial charge in [0, 0.05) is 25.7 Å². The number of hydrogen-bond acceptors (Lipinski definition) is 2. The van der Waals surface area contributed by atoms with Gasteiger partial charge in [-0.15, -0.1) is 0 Å². The van der Waals surface area contributed by atoms with Crippen molar-refractivity contribution in [1.82, 2.24) is 4.90 Å². The molecule has 1 unspecified atom stereocenters. The molecule has 2 nitrogen and oxygen atoms in total. The van der Waals surface area contributed by atoms with Gasteiger partial charge in [0.1, 0.15) is 0 Å². The minimum Gasteiger partial charge on any atom is -0.329 e. The molecule has 1 aliphatic rings. The summed E-state index contributed by atoms with van der Waals surface area (Å²) in [6.45, 7) is 9.62. The third kappa shape index (κ3) is 2.00. The molecule has 1 heterocycles. The summed E-state index contributed by atoms with van der Waals surface area (Å²) >= 11 is 0. The highest BCUT2D eigenvalue weighted by Gasteiger charge is 2.30. The molecule has 0 spiro atoms. The van der Waals surface area contributed by atoms with Crippen LogP contribution in [-0.2, 0) is 0 Å². The van der Waals surface area contributed by atoms with Crippen LogP contribution in [0.4, 0.5) is 0 Å². The summed E-state index contributed by atoms with van der Waals surface area (Å²) in [7, 11) is 0. The minimum atomic E-state index is 0.615. The molecule has 0 aliphatic carbocycles. The SMILES string of the molecule is Cc1cc(C)c(C2CCN2CCN)c(C)c1. The second kappa shape index (κ2) is 4.56. The van der Waals surface area contributed by atoms with Crippen molar-refractivity contribution in [2.45, 2.75) is 33.2 Å². The number of aryl methyl sites for hydroxylation is 3. The second-order valence-electron chi connectivity index (χ2n) is 4.94. The van der Waals surface area contributed by atoms with Crippen molar-refractivity contribution >= 4 is 0 Å². The molecule has 1 aromatic carbocycles. The van der Waals surface area contributed by atoms with Crippen LogP contribution in [0.3, 0.4) is 0 Å². The van der Waals surface area contributed by atoms with Crippen molar-refractivity contribution in [2.75, 3.05) is 19.6 Å². The highest BCUT2D eigenvalue weighted by Crippen LogP contribution is 2.36. The number of nitrogens with zero attached hydrogens (tertiary/aromatic N) is 1. The molecule has 0 radical (unpaired) electrons. The zero-order valence-electron chi connectivity index (χ0n) is 10.6. The third-order valence-corrected chi connectivity index (χ3v) is 3.62. The van der Waals surface area contributed by atoms with E-state index in [2.05, 4.69) is 37.8 Å². The molecule has 0 amide bonds. The van der Waals surface area contributed by atoms with Crippen LogP contribution < -0.4 is 5.73 Å². The first kappa shape index (κ1) is 11.6. The first-order valence-corrected chi connectivity index (χ1v) is 6.15. The Morgan fingerprint density at radius 3 is 2.31 bits per heavy atom. The van der Waals surface area contributed by atoms with Gasteiger partial charge < -0.3 is 5.73 Å². The highest BCUT2D eigenvalue weighted by molar-refractivity contribution is 5.40. The molecule has 0 bridgehead atoms. The first-order chi connectivity index (χ1) is 7.63. The number of likely N-dealkylation sites (tertiary alicyclic amines) is 1. The van der Waals surface area contributed by atoms with Crippen molar-refractivity contribution in [2.24, 2.45) is 5.73 Å². The fourth-order valence-corrected chi connectivity index (χ4v) is 2.92. The van der Waals surface area contributed by atoms with Crippen molar-refractivity contribution in [3.05, 3.63) is 34.4 Å². The Hall–Kier alpha value is -0.860. The summed E-state index contributed by atoms with van der Waals surface area (Å²) in [5.41, 5.74) is 11.4. The Kier molecular flexibility index (Phi) is 3.31. The predicted molar refractivity (Wildman–Crippen MR) is 68.6 cm³/mol. The van der Waals surface area contributed by atoms with E-state index in [0.717, 1.165) is 13.1 Å². The topological polar surface area (TPSA) is 29.3 Å². The fraction of sp³-hybridized carbons (Fsp3) is 0.571. The maximum absolute atomic E-state index is 5.64. The van der Waals surface area contributed by atoms with E-state index < -0.39 is 0 Å². The molecule has 2 heteroatoms. The van der Waals surface area contributed by atoms with E-state index in [1.165, 1.54) is 35.2 Å². The van der Waals surface area contributed by atoms with Gasteiger partial charge in [0.2, 0.25) is 0 Å². The van der Waals surface area contributed by atoms with Gasteiger partial charge in [0.25, 0.3) is 0 Å². The first-order valence-electron chi connectivity index (χ1n) is 6.15. The minimum absolute atomic E-state index is 0.615. The van der Waals surface area contributed by atoms with Crippen LogP contribution in [0.2, 0.25) is 0 Å². The van der Waals surface area contributed by atoms with Gasteiger partial charge in [-0.3, -0.25) is 4.90 Å². The predicted octanol–water partition coefficient (Wildman–Crippen LogP) is 2.32. The maximum atomic E-state index is 5.64. The zero-order chi connectivity index (χ0) is 11.7. The van der Waals surface area contributed by atoms with E-state index in [-0.39, 0.29) is 0 Å². The molecule has 1 saturated heterocycles. The number of rotatable bonds is 3. The van der Waals surface area contributed by atoms with Crippen LogP contribution in [0.15, 0.2) is 12.1 Å². The van der Waals surface area contributed by atoms with E-state index in [1.807, 2.05) is 0 Å². The molecule has 88 valence electrons. The number of benzene rings is 1. The molecule has 2 rings (SSSR count). The van der Waals surface area contributed by atoms with Crippen LogP contribution in [0.1, 0.15) is 34.7 Å². The molecule has 16 heavy (non-hydrogen) atoms. The van der Waals surface area contributed by atoms with Crippen LogP contribution in [-0.4, -0.2) is 24.5 Å². The molecule has 2 N–H and O–H groups in total. The lowest BCUT2D eigenvalue weighted by Crippen LogP contribution is -2.44. The van der Waals surface area contributed by atoms with Gasteiger partial charge in [-0.05, 0) is 43.9 Å². The van der Waals surface area contributed by atoms with Gasteiger partial charge >= 0.3 is 0 Å². The molecule has 1 aliphatic heterocycles. The van der Waals surface area contributed by atoms with Gasteiger partial charge in [-0.1, -0.05) is 17.7 Å². The average Bonchev–Trinajstić information content (AvgIpc) is 2.18. The van der Waals surface area contributed by atoms with Crippen molar-refractivity contribution in [1.29, 1.82) is 0 Å². The smallest absolute Gasteiger partial charge is 0.0366 e. The Morgan fingerprint density at radius 2 is 1.88 bits per heavy atom. The monoisotopic (exact) mass is 218 g/mol. The van der Waals surface area contributed by atoms with Gasteiger partial charge in [0.05, 0.1) is 0 Å². The standard InChI is InChI=1S/C14H22N2/c1-10-8-11(2)14(12(3)9-10)13-4-6-16(13)7-5-15/h8-9,13H,4-7,15H2,1-3H3. The normalized spacial score (nSPS) is 20.9. The van der Waals surface area contributed by atoms with Gasteiger partial charge in [-0.25, -0.2) is 0 Å². The van der Waals surface area contributed by atoms with Crippen LogP contribution in [0, 0.1) is 20.8 Å². The second-order valence-corrected chi connectivity index (χ2v) is 4.94. The summed E-state index contributed by atoms with van der Waals surface area (Å²) in [6.07, 6.45) is 1.28. The molecule has 1 fully saturated rings. The molecule has 1 atom stereocenters. The lowest BCUT2D eigenvalue weighted by molar-refractivity contribution is 0.0941. The summed E-state index contributed by atoms with van der Waals surface area (Å²) in [6, 6.07) is 5.20. The molecule has 1 aromatic rings. The zero-order valence-corrected chi connectivity index (χ0v) is 10.6. The van der Waals surface area contributed by atoms with Crippen molar-refractivity contribution in [3.63, 3.8) is 0 Å². The van der Waals surface area contributed by atoms with Crippen molar-refractivity contribution < 1.29 is 0 Å². The molecular formula is C14H22N2. The number of hydrogen-bond donors (Lipinski definition) is 1. The van der Waals surface area contributed by atoms with E-state index in [0.29, 0.717) is 6.04 Å². The van der Waals surface area contributed by atoms with E-state index >= 15 is 0 Å². The lowest BCUT2D eigenvalue weighted by Gasteiger charge is -2.42. The fourth-order valence-electron chi connectivity index (χ4n) is 2.92. The van der Waals surface area contributed by atoms with Gasteiger partial charge in [0.15, 0.2) is 0 Å².